The van der Waals surface area contributed by atoms with Crippen LogP contribution in [0.1, 0.15) is 25.8 Å². The van der Waals surface area contributed by atoms with Crippen molar-refractivity contribution in [3.05, 3.63) is 65.5 Å². The number of aliphatic hydroxyl groups is 1. The summed E-state index contributed by atoms with van der Waals surface area (Å²) in [5, 5.41) is 9.95. The zero-order valence-electron chi connectivity index (χ0n) is 16.1. The van der Waals surface area contributed by atoms with E-state index in [4.69, 9.17) is 14.2 Å². The molecule has 0 bridgehead atoms. The van der Waals surface area contributed by atoms with Gasteiger partial charge in [-0.3, -0.25) is 0 Å². The molecule has 2 aromatic carbocycles. The van der Waals surface area contributed by atoms with Gasteiger partial charge < -0.3 is 19.3 Å². The summed E-state index contributed by atoms with van der Waals surface area (Å²) in [5.41, 5.74) is 1.37. The molecular formula is C22H25FO5. The third-order valence-corrected chi connectivity index (χ3v) is 3.72. The predicted octanol–water partition coefficient (Wildman–Crippen LogP) is 4.00. The standard InChI is InChI=1S/C22H25FO5/c1-3-12-26-22(25)16(2)13-17-4-8-20(9-5-17)27-14-19(24)15-28-21-10-6-18(23)7-11-21/h4-11,13,19,24H,3,12,14-15H2,1-2H3. The number of benzene rings is 2. The molecule has 1 unspecified atom stereocenters. The maximum atomic E-state index is 12.8. The second-order valence-corrected chi connectivity index (χ2v) is 6.26. The van der Waals surface area contributed by atoms with E-state index in [2.05, 4.69) is 0 Å². The highest BCUT2D eigenvalue weighted by atomic mass is 19.1. The minimum absolute atomic E-state index is 0.0333. The minimum Gasteiger partial charge on any atom is -0.491 e. The van der Waals surface area contributed by atoms with Gasteiger partial charge in [0.05, 0.1) is 6.61 Å². The van der Waals surface area contributed by atoms with Crippen molar-refractivity contribution in [2.45, 2.75) is 26.4 Å². The van der Waals surface area contributed by atoms with Gasteiger partial charge in [-0.1, -0.05) is 19.1 Å². The Balaban J connectivity index is 1.78. The summed E-state index contributed by atoms with van der Waals surface area (Å²) in [6.07, 6.45) is 1.69. The molecule has 0 aliphatic heterocycles. The van der Waals surface area contributed by atoms with Crippen molar-refractivity contribution < 1.29 is 28.5 Å². The minimum atomic E-state index is -0.833. The first kappa shape index (κ1) is 21.4. The summed E-state index contributed by atoms with van der Waals surface area (Å²) in [7, 11) is 0. The number of rotatable bonds is 10. The van der Waals surface area contributed by atoms with Crippen LogP contribution in [0.4, 0.5) is 4.39 Å². The van der Waals surface area contributed by atoms with Crippen molar-refractivity contribution in [1.82, 2.24) is 0 Å². The maximum absolute atomic E-state index is 12.8. The van der Waals surface area contributed by atoms with Crippen molar-refractivity contribution in [3.63, 3.8) is 0 Å². The fourth-order valence-electron chi connectivity index (χ4n) is 2.24. The van der Waals surface area contributed by atoms with Crippen molar-refractivity contribution >= 4 is 12.0 Å². The summed E-state index contributed by atoms with van der Waals surface area (Å²) < 4.78 is 28.8. The zero-order chi connectivity index (χ0) is 20.4. The lowest BCUT2D eigenvalue weighted by atomic mass is 10.1. The van der Waals surface area contributed by atoms with Gasteiger partial charge in [-0.05, 0) is 61.4 Å². The molecule has 6 heteroatoms. The third kappa shape index (κ3) is 7.40. The topological polar surface area (TPSA) is 65.0 Å². The van der Waals surface area contributed by atoms with Crippen molar-refractivity contribution in [3.8, 4) is 11.5 Å². The average molecular weight is 388 g/mol. The first-order valence-electron chi connectivity index (χ1n) is 9.12. The van der Waals surface area contributed by atoms with Crippen LogP contribution < -0.4 is 9.47 Å². The van der Waals surface area contributed by atoms with Gasteiger partial charge in [-0.2, -0.15) is 0 Å². The number of hydrogen-bond acceptors (Lipinski definition) is 5. The van der Waals surface area contributed by atoms with Gasteiger partial charge in [-0.25, -0.2) is 9.18 Å². The molecule has 0 fully saturated rings. The van der Waals surface area contributed by atoms with Crippen LogP contribution in [-0.2, 0) is 9.53 Å². The summed E-state index contributed by atoms with van der Waals surface area (Å²) in [6, 6.07) is 12.7. The molecule has 0 aliphatic carbocycles. The molecule has 0 spiro atoms. The van der Waals surface area contributed by atoms with E-state index in [1.807, 2.05) is 19.1 Å². The lowest BCUT2D eigenvalue weighted by Gasteiger charge is -2.13. The molecule has 0 heterocycles. The molecular weight excluding hydrogens is 363 g/mol. The molecule has 0 amide bonds. The Morgan fingerprint density at radius 2 is 1.57 bits per heavy atom. The van der Waals surface area contributed by atoms with E-state index in [0.717, 1.165) is 12.0 Å². The van der Waals surface area contributed by atoms with Gasteiger partial charge >= 0.3 is 5.97 Å². The van der Waals surface area contributed by atoms with E-state index in [0.29, 0.717) is 23.7 Å². The highest BCUT2D eigenvalue weighted by Crippen LogP contribution is 2.16. The molecule has 0 radical (unpaired) electrons. The average Bonchev–Trinajstić information content (AvgIpc) is 2.71. The van der Waals surface area contributed by atoms with Gasteiger partial charge in [-0.15, -0.1) is 0 Å². The molecule has 0 aromatic heterocycles. The van der Waals surface area contributed by atoms with Crippen LogP contribution in [0.3, 0.4) is 0 Å². The number of esters is 1. The van der Waals surface area contributed by atoms with Crippen LogP contribution >= 0.6 is 0 Å². The number of hydrogen-bond donors (Lipinski definition) is 1. The van der Waals surface area contributed by atoms with Crippen LogP contribution in [0.2, 0.25) is 0 Å². The Hall–Kier alpha value is -2.86. The molecule has 1 atom stereocenters. The van der Waals surface area contributed by atoms with Crippen molar-refractivity contribution in [2.75, 3.05) is 19.8 Å². The second kappa shape index (κ2) is 11.1. The second-order valence-electron chi connectivity index (χ2n) is 6.26. The van der Waals surface area contributed by atoms with Crippen LogP contribution in [0.25, 0.3) is 6.08 Å². The molecule has 0 aliphatic rings. The number of carbonyl (C=O) groups is 1. The van der Waals surface area contributed by atoms with Crippen molar-refractivity contribution in [1.29, 1.82) is 0 Å². The Morgan fingerprint density at radius 1 is 1.04 bits per heavy atom. The summed E-state index contributed by atoms with van der Waals surface area (Å²) in [5.74, 6) is 0.391. The first-order valence-corrected chi connectivity index (χ1v) is 9.12. The molecule has 150 valence electrons. The third-order valence-electron chi connectivity index (χ3n) is 3.72. The number of halogens is 1. The Labute approximate surface area is 164 Å². The zero-order valence-corrected chi connectivity index (χ0v) is 16.1. The highest BCUT2D eigenvalue weighted by Gasteiger charge is 2.08. The molecule has 28 heavy (non-hydrogen) atoms. The molecule has 2 rings (SSSR count). The van der Waals surface area contributed by atoms with Gasteiger partial charge in [0, 0.05) is 5.57 Å². The van der Waals surface area contributed by atoms with Crippen LogP contribution in [-0.4, -0.2) is 37.0 Å². The van der Waals surface area contributed by atoms with E-state index >= 15 is 0 Å². The van der Waals surface area contributed by atoms with Gasteiger partial charge in [0.15, 0.2) is 0 Å². The molecule has 0 saturated carbocycles. The summed E-state index contributed by atoms with van der Waals surface area (Å²) in [4.78, 5) is 11.8. The van der Waals surface area contributed by atoms with E-state index in [1.165, 1.54) is 24.3 Å². The molecule has 5 nitrogen and oxygen atoms in total. The van der Waals surface area contributed by atoms with Gasteiger partial charge in [0.1, 0.15) is 36.6 Å². The summed E-state index contributed by atoms with van der Waals surface area (Å²) >= 11 is 0. The molecule has 0 saturated heterocycles. The summed E-state index contributed by atoms with van der Waals surface area (Å²) in [6.45, 7) is 4.14. The Bertz CT molecular complexity index is 769. The highest BCUT2D eigenvalue weighted by molar-refractivity contribution is 5.92. The molecule has 2 aromatic rings. The van der Waals surface area contributed by atoms with Crippen LogP contribution in [0, 0.1) is 5.82 Å². The quantitative estimate of drug-likeness (QED) is 0.492. The maximum Gasteiger partial charge on any atom is 0.333 e. The fourth-order valence-corrected chi connectivity index (χ4v) is 2.24. The Morgan fingerprint density at radius 3 is 2.11 bits per heavy atom. The van der Waals surface area contributed by atoms with Crippen LogP contribution in [0.5, 0.6) is 11.5 Å². The predicted molar refractivity (Wildman–Crippen MR) is 105 cm³/mol. The smallest absolute Gasteiger partial charge is 0.333 e. The van der Waals surface area contributed by atoms with E-state index < -0.39 is 6.10 Å². The van der Waals surface area contributed by atoms with E-state index in [1.54, 1.807) is 25.1 Å². The first-order chi connectivity index (χ1) is 13.5. The lowest BCUT2D eigenvalue weighted by Crippen LogP contribution is -2.25. The van der Waals surface area contributed by atoms with Gasteiger partial charge in [0.25, 0.3) is 0 Å². The van der Waals surface area contributed by atoms with E-state index in [9.17, 15) is 14.3 Å². The fraction of sp³-hybridized carbons (Fsp3) is 0.318. The van der Waals surface area contributed by atoms with Crippen molar-refractivity contribution in [2.24, 2.45) is 0 Å². The SMILES string of the molecule is CCCOC(=O)C(C)=Cc1ccc(OCC(O)COc2ccc(F)cc2)cc1. The Kier molecular flexibility index (Phi) is 8.49. The monoisotopic (exact) mass is 388 g/mol. The number of ether oxygens (including phenoxy) is 3. The largest absolute Gasteiger partial charge is 0.491 e. The normalized spacial score (nSPS) is 12.4. The molecule has 1 N–H and O–H groups in total. The van der Waals surface area contributed by atoms with Gasteiger partial charge in [0.2, 0.25) is 0 Å². The number of aliphatic hydroxyl groups excluding tert-OH is 1. The van der Waals surface area contributed by atoms with Crippen LogP contribution in [0.15, 0.2) is 54.1 Å². The van der Waals surface area contributed by atoms with E-state index in [-0.39, 0.29) is 25.0 Å². The number of carbonyl (C=O) groups excluding carboxylic acids is 1. The lowest BCUT2D eigenvalue weighted by molar-refractivity contribution is -0.138.